The Morgan fingerprint density at radius 3 is 1.89 bits per heavy atom. The third-order valence-corrected chi connectivity index (χ3v) is 6.00. The first-order valence-electron chi connectivity index (χ1n) is 12.3. The number of aromatic carboxylic acids is 1. The highest BCUT2D eigenvalue weighted by Gasteiger charge is 2.23. The smallest absolute Gasteiger partial charge is 0.335 e. The summed E-state index contributed by atoms with van der Waals surface area (Å²) in [5, 5.41) is 9.75. The molecule has 0 saturated heterocycles. The fourth-order valence-electron chi connectivity index (χ4n) is 4.25. The van der Waals surface area contributed by atoms with E-state index in [0.29, 0.717) is 17.7 Å². The summed E-state index contributed by atoms with van der Waals surface area (Å²) in [6, 6.07) is 33.6. The van der Waals surface area contributed by atoms with Gasteiger partial charge in [-0.15, -0.1) is 0 Å². The second kappa shape index (κ2) is 12.5. The van der Waals surface area contributed by atoms with Crippen LogP contribution >= 0.6 is 0 Å². The molecule has 37 heavy (non-hydrogen) atoms. The lowest BCUT2D eigenvalue weighted by Crippen LogP contribution is -2.26. The maximum absolute atomic E-state index is 13.1. The number of hydrogen-bond donors (Lipinski definition) is 1. The van der Waals surface area contributed by atoms with E-state index in [1.165, 1.54) is 0 Å². The number of carboxylic acids is 1. The normalized spacial score (nSPS) is 11.4. The third kappa shape index (κ3) is 6.79. The van der Waals surface area contributed by atoms with Gasteiger partial charge >= 0.3 is 11.9 Å². The lowest BCUT2D eigenvalue weighted by atomic mass is 9.95. The van der Waals surface area contributed by atoms with E-state index in [4.69, 9.17) is 9.73 Å². The minimum absolute atomic E-state index is 0.244. The molecule has 0 aromatic heterocycles. The molecule has 1 unspecified atom stereocenters. The molecule has 0 amide bonds. The Morgan fingerprint density at radius 1 is 0.784 bits per heavy atom. The number of carbonyl (C=O) groups excluding carboxylic acids is 1. The van der Waals surface area contributed by atoms with Gasteiger partial charge in [0.1, 0.15) is 0 Å². The Hall–Kier alpha value is -4.51. The van der Waals surface area contributed by atoms with Crippen molar-refractivity contribution in [3.05, 3.63) is 143 Å². The molecule has 0 aliphatic heterocycles. The fourth-order valence-corrected chi connectivity index (χ4v) is 4.25. The van der Waals surface area contributed by atoms with Crippen LogP contribution in [-0.2, 0) is 22.4 Å². The highest BCUT2D eigenvalue weighted by molar-refractivity contribution is 6.13. The monoisotopic (exact) mass is 491 g/mol. The SMILES string of the molecule is CCOC(=O)C(Cc1ccc(C(=O)O)c(Cc2ccccc2)c1)N=C(c1ccccc1)c1ccccc1. The molecule has 4 aromatic carbocycles. The maximum Gasteiger partial charge on any atom is 0.335 e. The number of carboxylic acid groups (broad SMARTS) is 1. The van der Waals surface area contributed by atoms with Crippen LogP contribution in [0.2, 0.25) is 0 Å². The van der Waals surface area contributed by atoms with Gasteiger partial charge in [-0.05, 0) is 36.1 Å². The molecule has 4 rings (SSSR count). The summed E-state index contributed by atoms with van der Waals surface area (Å²) in [5.41, 5.74) is 5.26. The van der Waals surface area contributed by atoms with Crippen molar-refractivity contribution in [2.75, 3.05) is 6.61 Å². The van der Waals surface area contributed by atoms with Crippen LogP contribution in [0.15, 0.2) is 114 Å². The van der Waals surface area contributed by atoms with Gasteiger partial charge < -0.3 is 9.84 Å². The molecular formula is C32H29NO4. The number of carbonyl (C=O) groups is 2. The van der Waals surface area contributed by atoms with Crippen molar-refractivity contribution in [2.24, 2.45) is 4.99 Å². The first-order chi connectivity index (χ1) is 18.0. The number of benzene rings is 4. The standard InChI is InChI=1S/C32H29NO4/c1-2-37-32(36)29(33-30(25-14-8-4-9-15-25)26-16-10-5-11-17-26)22-24-18-19-28(31(34)35)27(21-24)20-23-12-6-3-7-13-23/h3-19,21,29H,2,20,22H2,1H3,(H,34,35). The van der Waals surface area contributed by atoms with Crippen LogP contribution in [0, 0.1) is 0 Å². The van der Waals surface area contributed by atoms with E-state index in [2.05, 4.69) is 0 Å². The highest BCUT2D eigenvalue weighted by atomic mass is 16.5. The summed E-state index contributed by atoms with van der Waals surface area (Å²) >= 11 is 0. The Kier molecular flexibility index (Phi) is 8.61. The number of nitrogens with zero attached hydrogens (tertiary/aromatic N) is 1. The van der Waals surface area contributed by atoms with Crippen LogP contribution in [0.25, 0.3) is 0 Å². The second-order valence-corrected chi connectivity index (χ2v) is 8.64. The van der Waals surface area contributed by atoms with Crippen LogP contribution in [0.4, 0.5) is 0 Å². The van der Waals surface area contributed by atoms with E-state index in [1.807, 2.05) is 97.1 Å². The van der Waals surface area contributed by atoms with Gasteiger partial charge in [0, 0.05) is 17.5 Å². The molecule has 4 aromatic rings. The number of aliphatic imine (C=N–C) groups is 1. The molecule has 0 fully saturated rings. The molecule has 1 N–H and O–H groups in total. The van der Waals surface area contributed by atoms with Gasteiger partial charge in [0.05, 0.1) is 17.9 Å². The molecule has 0 radical (unpaired) electrons. The maximum atomic E-state index is 13.1. The zero-order valence-electron chi connectivity index (χ0n) is 20.7. The summed E-state index contributed by atoms with van der Waals surface area (Å²) in [7, 11) is 0. The molecule has 0 spiro atoms. The quantitative estimate of drug-likeness (QED) is 0.218. The Bertz CT molecular complexity index is 1320. The van der Waals surface area contributed by atoms with Gasteiger partial charge in [-0.3, -0.25) is 4.99 Å². The van der Waals surface area contributed by atoms with E-state index in [-0.39, 0.29) is 18.6 Å². The number of esters is 1. The summed E-state index contributed by atoms with van der Waals surface area (Å²) in [6.45, 7) is 2.02. The number of ether oxygens (including phenoxy) is 1. The zero-order valence-corrected chi connectivity index (χ0v) is 20.7. The average molecular weight is 492 g/mol. The number of rotatable bonds is 10. The van der Waals surface area contributed by atoms with Crippen molar-refractivity contribution in [1.29, 1.82) is 0 Å². The van der Waals surface area contributed by atoms with Gasteiger partial charge in [-0.25, -0.2) is 9.59 Å². The molecule has 0 aliphatic rings. The summed E-state index contributed by atoms with van der Waals surface area (Å²) < 4.78 is 5.40. The molecule has 0 saturated carbocycles. The molecule has 0 bridgehead atoms. The van der Waals surface area contributed by atoms with Crippen LogP contribution in [-0.4, -0.2) is 35.4 Å². The summed E-state index contributed by atoms with van der Waals surface area (Å²) in [6.07, 6.45) is 0.757. The van der Waals surface area contributed by atoms with E-state index >= 15 is 0 Å². The van der Waals surface area contributed by atoms with Crippen LogP contribution < -0.4 is 0 Å². The van der Waals surface area contributed by atoms with Crippen molar-refractivity contribution in [3.8, 4) is 0 Å². The van der Waals surface area contributed by atoms with Crippen molar-refractivity contribution in [3.63, 3.8) is 0 Å². The third-order valence-electron chi connectivity index (χ3n) is 6.00. The van der Waals surface area contributed by atoms with Crippen molar-refractivity contribution >= 4 is 17.7 Å². The fraction of sp³-hybridized carbons (Fsp3) is 0.156. The highest BCUT2D eigenvalue weighted by Crippen LogP contribution is 2.20. The van der Waals surface area contributed by atoms with Crippen molar-refractivity contribution < 1.29 is 19.4 Å². The zero-order chi connectivity index (χ0) is 26.0. The van der Waals surface area contributed by atoms with E-state index in [1.54, 1.807) is 19.1 Å². The van der Waals surface area contributed by atoms with Crippen LogP contribution in [0.1, 0.15) is 45.1 Å². The van der Waals surface area contributed by atoms with E-state index in [9.17, 15) is 14.7 Å². The van der Waals surface area contributed by atoms with E-state index < -0.39 is 18.0 Å². The molecule has 5 heteroatoms. The minimum Gasteiger partial charge on any atom is -0.478 e. The largest absolute Gasteiger partial charge is 0.478 e. The van der Waals surface area contributed by atoms with Crippen molar-refractivity contribution in [2.45, 2.75) is 25.8 Å². The van der Waals surface area contributed by atoms with Gasteiger partial charge in [0.2, 0.25) is 0 Å². The predicted molar refractivity (Wildman–Crippen MR) is 145 cm³/mol. The second-order valence-electron chi connectivity index (χ2n) is 8.64. The first kappa shape index (κ1) is 25.6. The Balaban J connectivity index is 1.74. The van der Waals surface area contributed by atoms with Gasteiger partial charge in [-0.1, -0.05) is 103 Å². The lowest BCUT2D eigenvalue weighted by molar-refractivity contribution is -0.144. The summed E-state index contributed by atoms with van der Waals surface area (Å²) in [4.78, 5) is 29.9. The molecule has 0 aliphatic carbocycles. The Morgan fingerprint density at radius 2 is 1.35 bits per heavy atom. The lowest BCUT2D eigenvalue weighted by Gasteiger charge is -2.16. The average Bonchev–Trinajstić information content (AvgIpc) is 2.92. The number of hydrogen-bond acceptors (Lipinski definition) is 4. The molecule has 186 valence electrons. The van der Waals surface area contributed by atoms with Crippen molar-refractivity contribution in [1.82, 2.24) is 0 Å². The minimum atomic E-state index is -0.979. The first-order valence-corrected chi connectivity index (χ1v) is 12.3. The van der Waals surface area contributed by atoms with Gasteiger partial charge in [-0.2, -0.15) is 0 Å². The predicted octanol–water partition coefficient (Wildman–Crippen LogP) is 5.99. The van der Waals surface area contributed by atoms with E-state index in [0.717, 1.165) is 22.3 Å². The van der Waals surface area contributed by atoms with Gasteiger partial charge in [0.15, 0.2) is 6.04 Å². The molecular weight excluding hydrogens is 462 g/mol. The molecule has 5 nitrogen and oxygen atoms in total. The summed E-state index contributed by atoms with van der Waals surface area (Å²) in [5.74, 6) is -1.40. The Labute approximate surface area is 217 Å². The molecule has 0 heterocycles. The van der Waals surface area contributed by atoms with Gasteiger partial charge in [0.25, 0.3) is 0 Å². The van der Waals surface area contributed by atoms with Crippen LogP contribution in [0.5, 0.6) is 0 Å². The molecule has 1 atom stereocenters. The van der Waals surface area contributed by atoms with Crippen LogP contribution in [0.3, 0.4) is 0 Å². The topological polar surface area (TPSA) is 76.0 Å².